The van der Waals surface area contributed by atoms with Crippen LogP contribution in [-0.2, 0) is 4.79 Å². The van der Waals surface area contributed by atoms with Gasteiger partial charge in [-0.05, 0) is 30.3 Å². The Bertz CT molecular complexity index is 590. The third-order valence-electron chi connectivity index (χ3n) is 2.54. The molecule has 0 aromatic heterocycles. The van der Waals surface area contributed by atoms with Crippen LogP contribution in [0.25, 0.3) is 0 Å². The van der Waals surface area contributed by atoms with Gasteiger partial charge in [0.25, 0.3) is 0 Å². The van der Waals surface area contributed by atoms with Crippen LogP contribution >= 0.6 is 27.5 Å². The first-order valence-electron chi connectivity index (χ1n) is 6.08. The summed E-state index contributed by atoms with van der Waals surface area (Å²) in [5.74, 6) is 0.613. The van der Waals surface area contributed by atoms with Crippen LogP contribution in [0.4, 0.5) is 5.69 Å². The van der Waals surface area contributed by atoms with Crippen molar-refractivity contribution >= 4 is 39.1 Å². The highest BCUT2D eigenvalue weighted by Gasteiger charge is 2.06. The number of rotatable bonds is 5. The number of hydrogen-bond donors (Lipinski definition) is 1. The first-order chi connectivity index (χ1) is 9.65. The van der Waals surface area contributed by atoms with E-state index >= 15 is 0 Å². The van der Waals surface area contributed by atoms with Crippen molar-refractivity contribution in [3.63, 3.8) is 0 Å². The Hall–Kier alpha value is -1.52. The molecular weight excluding hydrogens is 342 g/mol. The minimum absolute atomic E-state index is 0.138. The summed E-state index contributed by atoms with van der Waals surface area (Å²) in [5, 5.41) is 3.26. The molecule has 0 aliphatic carbocycles. The zero-order valence-corrected chi connectivity index (χ0v) is 12.9. The Morgan fingerprint density at radius 3 is 2.70 bits per heavy atom. The predicted octanol–water partition coefficient (Wildman–Crippen LogP) is 4.51. The molecule has 0 heterocycles. The lowest BCUT2D eigenvalue weighted by Gasteiger charge is -2.09. The Morgan fingerprint density at radius 1 is 1.20 bits per heavy atom. The van der Waals surface area contributed by atoms with E-state index in [1.54, 1.807) is 12.1 Å². The van der Waals surface area contributed by atoms with Crippen LogP contribution in [0.3, 0.4) is 0 Å². The van der Waals surface area contributed by atoms with Gasteiger partial charge in [0.1, 0.15) is 5.75 Å². The van der Waals surface area contributed by atoms with Crippen molar-refractivity contribution in [3.05, 3.63) is 58.0 Å². The molecule has 2 aromatic rings. The normalized spacial score (nSPS) is 10.1. The number of ether oxygens (including phenoxy) is 1. The maximum Gasteiger partial charge on any atom is 0.227 e. The lowest BCUT2D eigenvalue weighted by atomic mass is 10.3. The number of para-hydroxylation sites is 1. The van der Waals surface area contributed by atoms with Gasteiger partial charge in [-0.15, -0.1) is 0 Å². The van der Waals surface area contributed by atoms with Gasteiger partial charge in [0.15, 0.2) is 0 Å². The topological polar surface area (TPSA) is 38.3 Å². The Kier molecular flexibility index (Phi) is 5.44. The highest BCUT2D eigenvalue weighted by atomic mass is 79.9. The minimum atomic E-state index is -0.138. The van der Waals surface area contributed by atoms with E-state index in [1.807, 2.05) is 36.4 Å². The quantitative estimate of drug-likeness (QED) is 0.858. The van der Waals surface area contributed by atoms with Crippen molar-refractivity contribution in [3.8, 4) is 5.75 Å². The van der Waals surface area contributed by atoms with Crippen molar-refractivity contribution in [1.82, 2.24) is 0 Å². The molecule has 1 amide bonds. The highest BCUT2D eigenvalue weighted by molar-refractivity contribution is 9.10. The summed E-state index contributed by atoms with van der Waals surface area (Å²) in [4.78, 5) is 11.8. The molecular formula is C15H13BrClNO2. The molecule has 2 aromatic carbocycles. The third kappa shape index (κ3) is 4.54. The fourth-order valence-corrected chi connectivity index (χ4v) is 2.11. The summed E-state index contributed by atoms with van der Waals surface area (Å²) in [6.07, 6.45) is 0.262. The van der Waals surface area contributed by atoms with Gasteiger partial charge < -0.3 is 10.1 Å². The molecule has 3 nitrogen and oxygen atoms in total. The maximum atomic E-state index is 11.8. The summed E-state index contributed by atoms with van der Waals surface area (Å²) in [5.41, 5.74) is 0.589. The third-order valence-corrected chi connectivity index (χ3v) is 3.37. The number of hydrogen-bond acceptors (Lipinski definition) is 2. The molecule has 0 aliphatic rings. The van der Waals surface area contributed by atoms with Crippen LogP contribution in [0.15, 0.2) is 53.0 Å². The molecule has 0 radical (unpaired) electrons. The Morgan fingerprint density at radius 2 is 1.95 bits per heavy atom. The van der Waals surface area contributed by atoms with Crippen LogP contribution in [0.2, 0.25) is 5.02 Å². The van der Waals surface area contributed by atoms with E-state index in [9.17, 15) is 4.79 Å². The molecule has 0 fully saturated rings. The van der Waals surface area contributed by atoms with Gasteiger partial charge in [0.2, 0.25) is 5.91 Å². The molecule has 0 aliphatic heterocycles. The predicted molar refractivity (Wildman–Crippen MR) is 84.3 cm³/mol. The van der Waals surface area contributed by atoms with Gasteiger partial charge in [0.05, 0.1) is 23.7 Å². The molecule has 1 N–H and O–H groups in total. The van der Waals surface area contributed by atoms with E-state index in [1.165, 1.54) is 0 Å². The van der Waals surface area contributed by atoms with E-state index in [4.69, 9.17) is 16.3 Å². The first kappa shape index (κ1) is 14.9. The second-order valence-corrected chi connectivity index (χ2v) is 5.41. The zero-order valence-electron chi connectivity index (χ0n) is 10.6. The fourth-order valence-electron chi connectivity index (χ4n) is 1.58. The summed E-state index contributed by atoms with van der Waals surface area (Å²) in [6, 6.07) is 14.7. The van der Waals surface area contributed by atoms with Crippen LogP contribution < -0.4 is 10.1 Å². The van der Waals surface area contributed by atoms with E-state index in [-0.39, 0.29) is 12.3 Å². The summed E-state index contributed by atoms with van der Waals surface area (Å²) in [7, 11) is 0. The largest absolute Gasteiger partial charge is 0.493 e. The molecule has 0 unspecified atom stereocenters. The van der Waals surface area contributed by atoms with Gasteiger partial charge in [-0.25, -0.2) is 0 Å². The van der Waals surface area contributed by atoms with Crippen molar-refractivity contribution in [2.45, 2.75) is 6.42 Å². The first-order valence-corrected chi connectivity index (χ1v) is 7.25. The van der Waals surface area contributed by atoms with Crippen molar-refractivity contribution in [2.75, 3.05) is 11.9 Å². The number of amides is 1. The van der Waals surface area contributed by atoms with Crippen LogP contribution in [0.5, 0.6) is 5.75 Å². The lowest BCUT2D eigenvalue weighted by molar-refractivity contribution is -0.116. The van der Waals surface area contributed by atoms with E-state index in [2.05, 4.69) is 21.2 Å². The SMILES string of the molecule is O=C(CCOc1ccccc1)Nc1cc(Br)ccc1Cl. The smallest absolute Gasteiger partial charge is 0.227 e. The molecule has 20 heavy (non-hydrogen) atoms. The average Bonchev–Trinajstić information content (AvgIpc) is 2.44. The molecule has 2 rings (SSSR count). The summed E-state index contributed by atoms with van der Waals surface area (Å²) >= 11 is 9.34. The molecule has 0 spiro atoms. The second-order valence-electron chi connectivity index (χ2n) is 4.08. The maximum absolute atomic E-state index is 11.8. The summed E-state index contributed by atoms with van der Waals surface area (Å²) in [6.45, 7) is 0.321. The van der Waals surface area contributed by atoms with Gasteiger partial charge in [-0.2, -0.15) is 0 Å². The van der Waals surface area contributed by atoms with Crippen LogP contribution in [0, 0.1) is 0 Å². The number of anilines is 1. The van der Waals surface area contributed by atoms with Crippen molar-refractivity contribution in [1.29, 1.82) is 0 Å². The fraction of sp³-hybridized carbons (Fsp3) is 0.133. The van der Waals surface area contributed by atoms with E-state index < -0.39 is 0 Å². The van der Waals surface area contributed by atoms with Crippen molar-refractivity contribution < 1.29 is 9.53 Å². The number of carbonyl (C=O) groups is 1. The van der Waals surface area contributed by atoms with Gasteiger partial charge >= 0.3 is 0 Å². The highest BCUT2D eigenvalue weighted by Crippen LogP contribution is 2.25. The molecule has 0 saturated carbocycles. The minimum Gasteiger partial charge on any atom is -0.493 e. The zero-order chi connectivity index (χ0) is 14.4. The van der Waals surface area contributed by atoms with Gasteiger partial charge in [-0.1, -0.05) is 45.7 Å². The van der Waals surface area contributed by atoms with Gasteiger partial charge in [-0.3, -0.25) is 4.79 Å². The van der Waals surface area contributed by atoms with Crippen LogP contribution in [0.1, 0.15) is 6.42 Å². The number of carbonyl (C=O) groups excluding carboxylic acids is 1. The number of benzene rings is 2. The number of nitrogens with one attached hydrogen (secondary N) is 1. The van der Waals surface area contributed by atoms with Crippen molar-refractivity contribution in [2.24, 2.45) is 0 Å². The Labute approximate surface area is 131 Å². The van der Waals surface area contributed by atoms with E-state index in [0.717, 1.165) is 10.2 Å². The average molecular weight is 355 g/mol. The molecule has 0 atom stereocenters. The molecule has 5 heteroatoms. The molecule has 104 valence electrons. The number of halogens is 2. The van der Waals surface area contributed by atoms with Crippen LogP contribution in [-0.4, -0.2) is 12.5 Å². The monoisotopic (exact) mass is 353 g/mol. The van der Waals surface area contributed by atoms with E-state index in [0.29, 0.717) is 17.3 Å². The standard InChI is InChI=1S/C15H13BrClNO2/c16-11-6-7-13(17)14(10-11)18-15(19)8-9-20-12-4-2-1-3-5-12/h1-7,10H,8-9H2,(H,18,19). The summed E-state index contributed by atoms with van der Waals surface area (Å²) < 4.78 is 6.32. The van der Waals surface area contributed by atoms with Gasteiger partial charge in [0, 0.05) is 4.47 Å². The lowest BCUT2D eigenvalue weighted by Crippen LogP contribution is -2.15. The molecule has 0 bridgehead atoms. The Balaban J connectivity index is 1.82. The molecule has 0 saturated heterocycles. The second kappa shape index (κ2) is 7.31.